The molecule has 4 atom stereocenters. The van der Waals surface area contributed by atoms with E-state index in [1.165, 1.54) is 0 Å². The Bertz CT molecular complexity index is 826. The van der Waals surface area contributed by atoms with Crippen LogP contribution in [0.3, 0.4) is 0 Å². The van der Waals surface area contributed by atoms with Crippen molar-refractivity contribution in [2.75, 3.05) is 19.8 Å². The highest BCUT2D eigenvalue weighted by atomic mass is 35.5. The smallest absolute Gasteiger partial charge is 0.255 e. The van der Waals surface area contributed by atoms with Gasteiger partial charge in [-0.2, -0.15) is 0 Å². The van der Waals surface area contributed by atoms with E-state index in [0.717, 1.165) is 5.56 Å². The first-order chi connectivity index (χ1) is 12.5. The second kappa shape index (κ2) is 6.88. The fourth-order valence-electron chi connectivity index (χ4n) is 3.41. The molecule has 2 saturated heterocycles. The number of aliphatic hydroxyl groups excluding tert-OH is 1. The maximum Gasteiger partial charge on any atom is 0.255 e. The van der Waals surface area contributed by atoms with Gasteiger partial charge >= 0.3 is 0 Å². The number of nitrogens with zero attached hydrogens (tertiary/aromatic N) is 2. The van der Waals surface area contributed by atoms with Gasteiger partial charge in [0, 0.05) is 18.0 Å². The zero-order valence-electron chi connectivity index (χ0n) is 13.7. The number of ether oxygens (including phenoxy) is 3. The van der Waals surface area contributed by atoms with E-state index in [1.807, 2.05) is 10.8 Å². The fraction of sp³-hybridized carbons (Fsp3) is 0.412. The molecule has 0 saturated carbocycles. The van der Waals surface area contributed by atoms with Crippen LogP contribution in [0.5, 0.6) is 5.75 Å². The number of hydrogen-bond acceptors (Lipinski definition) is 6. The molecule has 3 N–H and O–H groups in total. The van der Waals surface area contributed by atoms with Crippen LogP contribution < -0.4 is 10.5 Å². The number of rotatable bonds is 5. The zero-order chi connectivity index (χ0) is 18.3. The molecule has 3 heterocycles. The van der Waals surface area contributed by atoms with E-state index >= 15 is 0 Å². The van der Waals surface area contributed by atoms with Gasteiger partial charge < -0.3 is 29.6 Å². The lowest BCUT2D eigenvalue weighted by molar-refractivity contribution is -0.119. The summed E-state index contributed by atoms with van der Waals surface area (Å²) in [6, 6.07) is 5.11. The summed E-state index contributed by atoms with van der Waals surface area (Å²) in [6.07, 6.45) is 2.41. The van der Waals surface area contributed by atoms with Gasteiger partial charge in [-0.05, 0) is 18.2 Å². The second-order valence-corrected chi connectivity index (χ2v) is 6.70. The molecule has 0 spiro atoms. The highest BCUT2D eigenvalue weighted by Crippen LogP contribution is 2.37. The van der Waals surface area contributed by atoms with Gasteiger partial charge in [0.2, 0.25) is 0 Å². The van der Waals surface area contributed by atoms with E-state index in [-0.39, 0.29) is 31.5 Å². The first-order valence-corrected chi connectivity index (χ1v) is 8.57. The van der Waals surface area contributed by atoms with Crippen LogP contribution in [0.25, 0.3) is 11.4 Å². The molecule has 0 aliphatic carbocycles. The average Bonchev–Trinajstić information content (AvgIpc) is 3.31. The summed E-state index contributed by atoms with van der Waals surface area (Å²) in [5.74, 6) is 0.502. The van der Waals surface area contributed by atoms with Crippen molar-refractivity contribution in [3.8, 4) is 17.1 Å². The Balaban J connectivity index is 1.59. The highest BCUT2D eigenvalue weighted by molar-refractivity contribution is 6.32. The van der Waals surface area contributed by atoms with Crippen LogP contribution in [0.15, 0.2) is 30.6 Å². The molecule has 1 amide bonds. The molecular formula is C17H18ClN3O5. The molecule has 4 rings (SSSR count). The van der Waals surface area contributed by atoms with Gasteiger partial charge in [0.05, 0.1) is 24.3 Å². The van der Waals surface area contributed by atoms with E-state index < -0.39 is 12.0 Å². The van der Waals surface area contributed by atoms with E-state index in [0.29, 0.717) is 23.2 Å². The molecule has 1 aromatic heterocycles. The number of hydrogen-bond donors (Lipinski definition) is 2. The number of carbonyl (C=O) groups is 1. The molecule has 26 heavy (non-hydrogen) atoms. The predicted octanol–water partition coefficient (Wildman–Crippen LogP) is 0.767. The Hall–Kier alpha value is -2.13. The molecule has 2 fully saturated rings. The molecule has 2 aromatic rings. The van der Waals surface area contributed by atoms with Crippen molar-refractivity contribution >= 4 is 17.5 Å². The number of benzene rings is 1. The standard InChI is InChI=1S/C17H18ClN3O5/c18-10-5-9(1-2-13(10)24-8-14(19)23)17-20-3-4-21(17)11-6-25-16-12(22)7-26-15(11)16/h1-5,11-12,15-16,22H,6-8H2,(H2,19,23)/t11-,12+,15+,16+/m0/s1. The van der Waals surface area contributed by atoms with Gasteiger partial charge in [0.1, 0.15) is 29.9 Å². The van der Waals surface area contributed by atoms with Crippen LogP contribution in [0, 0.1) is 0 Å². The van der Waals surface area contributed by atoms with E-state index in [1.54, 1.807) is 24.4 Å². The average molecular weight is 380 g/mol. The van der Waals surface area contributed by atoms with Crippen molar-refractivity contribution in [2.24, 2.45) is 5.73 Å². The SMILES string of the molecule is NC(=O)COc1ccc(-c2nccn2[C@H]2CO[C@H]3[C@@H]2OC[C@H]3O)cc1Cl. The van der Waals surface area contributed by atoms with Gasteiger partial charge in [-0.25, -0.2) is 4.98 Å². The number of halogens is 1. The van der Waals surface area contributed by atoms with Crippen LogP contribution in [-0.2, 0) is 14.3 Å². The summed E-state index contributed by atoms with van der Waals surface area (Å²) in [5.41, 5.74) is 5.86. The van der Waals surface area contributed by atoms with E-state index in [2.05, 4.69) is 4.98 Å². The molecule has 2 aliphatic rings. The first-order valence-electron chi connectivity index (χ1n) is 8.19. The second-order valence-electron chi connectivity index (χ2n) is 6.29. The third kappa shape index (κ3) is 3.05. The van der Waals surface area contributed by atoms with Gasteiger partial charge in [-0.3, -0.25) is 4.79 Å². The monoisotopic (exact) mass is 379 g/mol. The zero-order valence-corrected chi connectivity index (χ0v) is 14.5. The van der Waals surface area contributed by atoms with Crippen LogP contribution in [0.4, 0.5) is 0 Å². The summed E-state index contributed by atoms with van der Waals surface area (Å²) in [7, 11) is 0. The number of nitrogens with two attached hydrogens (primary N) is 1. The molecule has 0 unspecified atom stereocenters. The maximum absolute atomic E-state index is 10.8. The van der Waals surface area contributed by atoms with Crippen molar-refractivity contribution < 1.29 is 24.1 Å². The Morgan fingerprint density at radius 1 is 1.38 bits per heavy atom. The van der Waals surface area contributed by atoms with Gasteiger partial charge in [0.25, 0.3) is 5.91 Å². The lowest BCUT2D eigenvalue weighted by Crippen LogP contribution is -2.30. The molecule has 8 nitrogen and oxygen atoms in total. The van der Waals surface area contributed by atoms with Crippen molar-refractivity contribution in [1.29, 1.82) is 0 Å². The van der Waals surface area contributed by atoms with Crippen molar-refractivity contribution in [3.05, 3.63) is 35.6 Å². The third-order valence-electron chi connectivity index (χ3n) is 4.59. The van der Waals surface area contributed by atoms with Gasteiger partial charge in [-0.1, -0.05) is 11.6 Å². The maximum atomic E-state index is 10.8. The van der Waals surface area contributed by atoms with Crippen molar-refractivity contribution in [3.63, 3.8) is 0 Å². The highest BCUT2D eigenvalue weighted by Gasteiger charge is 2.48. The normalized spacial score (nSPS) is 27.5. The van der Waals surface area contributed by atoms with E-state index in [4.69, 9.17) is 31.5 Å². The summed E-state index contributed by atoms with van der Waals surface area (Å²) >= 11 is 6.25. The number of primary amides is 1. The van der Waals surface area contributed by atoms with Crippen LogP contribution >= 0.6 is 11.6 Å². The quantitative estimate of drug-likeness (QED) is 0.794. The largest absolute Gasteiger partial charge is 0.482 e. The number of carbonyl (C=O) groups excluding carboxylic acids is 1. The predicted molar refractivity (Wildman–Crippen MR) is 91.9 cm³/mol. The minimum absolute atomic E-state index is 0.0841. The van der Waals surface area contributed by atoms with Crippen LogP contribution in [0.1, 0.15) is 6.04 Å². The molecule has 2 aliphatic heterocycles. The molecule has 9 heteroatoms. The topological polar surface area (TPSA) is 109 Å². The van der Waals surface area contributed by atoms with Crippen molar-refractivity contribution in [1.82, 2.24) is 9.55 Å². The minimum Gasteiger partial charge on any atom is -0.482 e. The molecule has 0 bridgehead atoms. The first kappa shape index (κ1) is 17.3. The summed E-state index contributed by atoms with van der Waals surface area (Å²) < 4.78 is 18.6. The summed E-state index contributed by atoms with van der Waals surface area (Å²) in [6.45, 7) is 0.465. The lowest BCUT2D eigenvalue weighted by Gasteiger charge is -2.20. The number of imidazole rings is 1. The number of aromatic nitrogens is 2. The number of fused-ring (bicyclic) bond motifs is 1. The van der Waals surface area contributed by atoms with Gasteiger partial charge in [0.15, 0.2) is 6.61 Å². The summed E-state index contributed by atoms with van der Waals surface area (Å²) in [4.78, 5) is 15.3. The third-order valence-corrected chi connectivity index (χ3v) is 4.88. The molecule has 138 valence electrons. The fourth-order valence-corrected chi connectivity index (χ4v) is 3.64. The number of aliphatic hydroxyl groups is 1. The Morgan fingerprint density at radius 2 is 2.19 bits per heavy atom. The Kier molecular flexibility index (Phi) is 4.58. The van der Waals surface area contributed by atoms with Crippen LogP contribution in [-0.4, -0.2) is 58.7 Å². The molecule has 0 radical (unpaired) electrons. The van der Waals surface area contributed by atoms with Crippen molar-refractivity contribution in [2.45, 2.75) is 24.4 Å². The van der Waals surface area contributed by atoms with E-state index in [9.17, 15) is 9.90 Å². The summed E-state index contributed by atoms with van der Waals surface area (Å²) in [5, 5.41) is 10.3. The Morgan fingerprint density at radius 3 is 2.96 bits per heavy atom. The number of amides is 1. The van der Waals surface area contributed by atoms with Gasteiger partial charge in [-0.15, -0.1) is 0 Å². The molecular weight excluding hydrogens is 362 g/mol. The molecule has 1 aromatic carbocycles. The lowest BCUT2D eigenvalue weighted by atomic mass is 10.1. The minimum atomic E-state index is -0.604. The van der Waals surface area contributed by atoms with Crippen LogP contribution in [0.2, 0.25) is 5.02 Å². The Labute approximate surface area is 154 Å².